The zero-order chi connectivity index (χ0) is 15.8. The molecule has 0 spiro atoms. The van der Waals surface area contributed by atoms with Crippen molar-refractivity contribution in [1.29, 1.82) is 0 Å². The molecule has 0 saturated heterocycles. The van der Waals surface area contributed by atoms with Crippen LogP contribution in [0.4, 0.5) is 0 Å². The maximum atomic E-state index is 6.05. The summed E-state index contributed by atoms with van der Waals surface area (Å²) in [5.74, 6) is 1.47. The van der Waals surface area contributed by atoms with E-state index >= 15 is 0 Å². The van der Waals surface area contributed by atoms with Crippen LogP contribution in [-0.4, -0.2) is 56.6 Å². The van der Waals surface area contributed by atoms with Crippen molar-refractivity contribution in [3.63, 3.8) is 0 Å². The molecule has 0 aliphatic heterocycles. The molecule has 1 aromatic rings. The molecule has 0 bridgehead atoms. The predicted octanol–water partition coefficient (Wildman–Crippen LogP) is 1.95. The number of rotatable bonds is 7. The van der Waals surface area contributed by atoms with E-state index in [0.717, 1.165) is 18.8 Å². The molecule has 0 heterocycles. The van der Waals surface area contributed by atoms with Crippen molar-refractivity contribution in [1.82, 2.24) is 9.80 Å². The first-order chi connectivity index (χ1) is 10.0. The van der Waals surface area contributed by atoms with Gasteiger partial charge in [0.05, 0.1) is 19.7 Å². The van der Waals surface area contributed by atoms with E-state index < -0.39 is 0 Å². The van der Waals surface area contributed by atoms with Gasteiger partial charge in [0.25, 0.3) is 0 Å². The zero-order valence-corrected chi connectivity index (χ0v) is 13.8. The SMILES string of the molecule is CCN(CC)C(N)=NCC(c1ccc(OC)cc1)N(C)C. The minimum atomic E-state index is 0.199. The number of likely N-dealkylation sites (N-methyl/N-ethyl adjacent to an activating group) is 1. The van der Waals surface area contributed by atoms with Gasteiger partial charge in [-0.25, -0.2) is 0 Å². The monoisotopic (exact) mass is 292 g/mol. The molecule has 1 aromatic carbocycles. The summed E-state index contributed by atoms with van der Waals surface area (Å²) in [5, 5.41) is 0. The van der Waals surface area contributed by atoms with Gasteiger partial charge in [0.2, 0.25) is 0 Å². The number of hydrogen-bond acceptors (Lipinski definition) is 3. The van der Waals surface area contributed by atoms with Gasteiger partial charge in [-0.2, -0.15) is 0 Å². The first kappa shape index (κ1) is 17.3. The number of ether oxygens (including phenoxy) is 1. The van der Waals surface area contributed by atoms with Gasteiger partial charge >= 0.3 is 0 Å². The highest BCUT2D eigenvalue weighted by atomic mass is 16.5. The summed E-state index contributed by atoms with van der Waals surface area (Å²) in [5.41, 5.74) is 7.25. The third-order valence-electron chi connectivity index (χ3n) is 3.64. The maximum absolute atomic E-state index is 6.05. The highest BCUT2D eigenvalue weighted by Gasteiger charge is 2.14. The Kier molecular flexibility index (Phi) is 7.02. The standard InChI is InChI=1S/C16H28N4O/c1-6-20(7-2)16(17)18-12-15(19(3)4)13-8-10-14(21-5)11-9-13/h8-11,15H,6-7,12H2,1-5H3,(H2,17,18). The summed E-state index contributed by atoms with van der Waals surface area (Å²) in [4.78, 5) is 8.76. The van der Waals surface area contributed by atoms with E-state index in [1.54, 1.807) is 7.11 Å². The van der Waals surface area contributed by atoms with Crippen molar-refractivity contribution in [2.24, 2.45) is 10.7 Å². The molecule has 0 fully saturated rings. The molecule has 1 rings (SSSR count). The van der Waals surface area contributed by atoms with Crippen molar-refractivity contribution in [2.75, 3.05) is 40.8 Å². The number of aliphatic imine (C=N–C) groups is 1. The molecule has 0 aliphatic carbocycles. The lowest BCUT2D eigenvalue weighted by Crippen LogP contribution is -2.37. The fourth-order valence-corrected chi connectivity index (χ4v) is 2.22. The number of hydrogen-bond donors (Lipinski definition) is 1. The van der Waals surface area contributed by atoms with Gasteiger partial charge in [0.1, 0.15) is 5.75 Å². The van der Waals surface area contributed by atoms with Gasteiger partial charge in [-0.05, 0) is 45.6 Å². The highest BCUT2D eigenvalue weighted by molar-refractivity contribution is 5.78. The molecule has 5 nitrogen and oxygen atoms in total. The number of methoxy groups -OCH3 is 1. The Bertz CT molecular complexity index is 438. The van der Waals surface area contributed by atoms with Gasteiger partial charge in [0.15, 0.2) is 5.96 Å². The average Bonchev–Trinajstić information content (AvgIpc) is 2.49. The first-order valence-corrected chi connectivity index (χ1v) is 7.38. The Hall–Kier alpha value is -1.75. The molecule has 21 heavy (non-hydrogen) atoms. The van der Waals surface area contributed by atoms with Crippen LogP contribution in [0.3, 0.4) is 0 Å². The van der Waals surface area contributed by atoms with E-state index in [1.165, 1.54) is 5.56 Å². The summed E-state index contributed by atoms with van der Waals surface area (Å²) >= 11 is 0. The van der Waals surface area contributed by atoms with Crippen LogP contribution in [-0.2, 0) is 0 Å². The molecule has 0 aliphatic rings. The fraction of sp³-hybridized carbons (Fsp3) is 0.562. The lowest BCUT2D eigenvalue weighted by Gasteiger charge is -2.25. The maximum Gasteiger partial charge on any atom is 0.191 e. The number of nitrogens with two attached hydrogens (primary N) is 1. The van der Waals surface area contributed by atoms with E-state index in [9.17, 15) is 0 Å². The van der Waals surface area contributed by atoms with Gasteiger partial charge < -0.3 is 20.3 Å². The molecular formula is C16H28N4O. The van der Waals surface area contributed by atoms with Crippen LogP contribution >= 0.6 is 0 Å². The van der Waals surface area contributed by atoms with Gasteiger partial charge in [-0.3, -0.25) is 4.99 Å². The first-order valence-electron chi connectivity index (χ1n) is 7.38. The molecule has 0 saturated carbocycles. The predicted molar refractivity (Wildman–Crippen MR) is 88.8 cm³/mol. The topological polar surface area (TPSA) is 54.1 Å². The Balaban J connectivity index is 2.84. The molecule has 0 aromatic heterocycles. The zero-order valence-electron chi connectivity index (χ0n) is 13.8. The van der Waals surface area contributed by atoms with Gasteiger partial charge in [-0.15, -0.1) is 0 Å². The second-order valence-corrected chi connectivity index (χ2v) is 5.12. The molecule has 0 radical (unpaired) electrons. The van der Waals surface area contributed by atoms with E-state index in [4.69, 9.17) is 10.5 Å². The summed E-state index contributed by atoms with van der Waals surface area (Å²) < 4.78 is 5.20. The molecular weight excluding hydrogens is 264 g/mol. The van der Waals surface area contributed by atoms with Crippen LogP contribution in [0.25, 0.3) is 0 Å². The summed E-state index contributed by atoms with van der Waals surface area (Å²) in [6, 6.07) is 8.30. The van der Waals surface area contributed by atoms with Crippen LogP contribution in [0, 0.1) is 0 Å². The van der Waals surface area contributed by atoms with Crippen LogP contribution in [0.1, 0.15) is 25.5 Å². The largest absolute Gasteiger partial charge is 0.497 e. The Labute approximate surface area is 128 Å². The summed E-state index contributed by atoms with van der Waals surface area (Å²) in [6.45, 7) is 6.56. The van der Waals surface area contributed by atoms with Crippen molar-refractivity contribution < 1.29 is 4.74 Å². The molecule has 1 unspecified atom stereocenters. The minimum absolute atomic E-state index is 0.199. The second kappa shape index (κ2) is 8.52. The number of benzene rings is 1. The lowest BCUT2D eigenvalue weighted by molar-refractivity contribution is 0.305. The smallest absolute Gasteiger partial charge is 0.191 e. The van der Waals surface area contributed by atoms with Crippen LogP contribution in [0.5, 0.6) is 5.75 Å². The molecule has 1 atom stereocenters. The number of nitrogens with zero attached hydrogens (tertiary/aromatic N) is 3. The highest BCUT2D eigenvalue weighted by Crippen LogP contribution is 2.21. The van der Waals surface area contributed by atoms with Crippen LogP contribution < -0.4 is 10.5 Å². The van der Waals surface area contributed by atoms with E-state index in [1.807, 2.05) is 12.1 Å². The normalized spacial score (nSPS) is 13.3. The third kappa shape index (κ3) is 4.93. The Morgan fingerprint density at radius 3 is 2.19 bits per heavy atom. The van der Waals surface area contributed by atoms with E-state index in [-0.39, 0.29) is 6.04 Å². The fourth-order valence-electron chi connectivity index (χ4n) is 2.22. The lowest BCUT2D eigenvalue weighted by atomic mass is 10.1. The molecule has 0 amide bonds. The molecule has 5 heteroatoms. The molecule has 118 valence electrons. The van der Waals surface area contributed by atoms with Crippen molar-refractivity contribution >= 4 is 5.96 Å². The average molecular weight is 292 g/mol. The number of guanidine groups is 1. The minimum Gasteiger partial charge on any atom is -0.497 e. The summed E-state index contributed by atoms with van der Waals surface area (Å²) in [6.07, 6.45) is 0. The van der Waals surface area contributed by atoms with Crippen molar-refractivity contribution in [2.45, 2.75) is 19.9 Å². The van der Waals surface area contributed by atoms with Crippen molar-refractivity contribution in [3.05, 3.63) is 29.8 Å². The van der Waals surface area contributed by atoms with Crippen LogP contribution in [0.2, 0.25) is 0 Å². The van der Waals surface area contributed by atoms with Crippen LogP contribution in [0.15, 0.2) is 29.3 Å². The second-order valence-electron chi connectivity index (χ2n) is 5.12. The van der Waals surface area contributed by atoms with Gasteiger partial charge in [-0.1, -0.05) is 12.1 Å². The summed E-state index contributed by atoms with van der Waals surface area (Å²) in [7, 11) is 5.78. The third-order valence-corrected chi connectivity index (χ3v) is 3.64. The van der Waals surface area contributed by atoms with Gasteiger partial charge in [0, 0.05) is 13.1 Å². The van der Waals surface area contributed by atoms with Crippen molar-refractivity contribution in [3.8, 4) is 5.75 Å². The Morgan fingerprint density at radius 1 is 1.19 bits per heavy atom. The molecule has 2 N–H and O–H groups in total. The van der Waals surface area contributed by atoms with E-state index in [2.05, 4.69) is 54.9 Å². The van der Waals surface area contributed by atoms with E-state index in [0.29, 0.717) is 12.5 Å². The Morgan fingerprint density at radius 2 is 1.76 bits per heavy atom. The quantitative estimate of drug-likeness (QED) is 0.616.